The summed E-state index contributed by atoms with van der Waals surface area (Å²) in [5.74, 6) is 0. The van der Waals surface area contributed by atoms with Crippen molar-refractivity contribution in [3.8, 4) is 0 Å². The second kappa shape index (κ2) is 6.15. The van der Waals surface area contributed by atoms with Crippen molar-refractivity contribution in [3.63, 3.8) is 0 Å². The molecule has 0 amide bonds. The number of nitrogens with zero attached hydrogens (tertiary/aromatic N) is 2. The quantitative estimate of drug-likeness (QED) is 0.647. The number of hydrogen-bond acceptors (Lipinski definition) is 4. The summed E-state index contributed by atoms with van der Waals surface area (Å²) in [5, 5.41) is 7.67. The number of nitrogens with one attached hydrogen (secondary N) is 2. The van der Waals surface area contributed by atoms with E-state index in [9.17, 15) is 0 Å². The van der Waals surface area contributed by atoms with Crippen LogP contribution in [0.3, 0.4) is 0 Å². The van der Waals surface area contributed by atoms with E-state index in [0.717, 1.165) is 0 Å². The van der Waals surface area contributed by atoms with Gasteiger partial charge in [-0.2, -0.15) is 10.2 Å². The third-order valence-corrected chi connectivity index (χ3v) is 1.05. The minimum Gasteiger partial charge on any atom is -0.204 e. The van der Waals surface area contributed by atoms with Gasteiger partial charge in [-0.05, 0) is 12.2 Å². The van der Waals surface area contributed by atoms with Crippen LogP contribution in [0.4, 0.5) is 0 Å². The van der Waals surface area contributed by atoms with E-state index in [1.54, 1.807) is 12.2 Å². The highest BCUT2D eigenvalue weighted by molar-refractivity contribution is 6.50. The Balaban J connectivity index is 0.000000561. The molecule has 12 heavy (non-hydrogen) atoms. The third-order valence-electron chi connectivity index (χ3n) is 1.05. The number of hydrazone groups is 2. The highest BCUT2D eigenvalue weighted by atomic mass is 15.7. The molecule has 0 saturated heterocycles. The molecule has 0 atom stereocenters. The summed E-state index contributed by atoms with van der Waals surface area (Å²) in [7, 11) is 0. The van der Waals surface area contributed by atoms with Gasteiger partial charge >= 0.3 is 0 Å². The second-order valence-electron chi connectivity index (χ2n) is 1.63. The van der Waals surface area contributed by atoms with E-state index in [4.69, 9.17) is 0 Å². The van der Waals surface area contributed by atoms with Crippen LogP contribution >= 0.6 is 0 Å². The highest BCUT2D eigenvalue weighted by Gasteiger charge is 2.03. The predicted octanol–water partition coefficient (Wildman–Crippen LogP) is 1.20. The van der Waals surface area contributed by atoms with Gasteiger partial charge in [0.05, 0.1) is 0 Å². The molecule has 0 radical (unpaired) electrons. The Bertz CT molecular complexity index is 191. The van der Waals surface area contributed by atoms with Crippen molar-refractivity contribution in [1.29, 1.82) is 0 Å². The Labute approximate surface area is 72.7 Å². The van der Waals surface area contributed by atoms with Crippen LogP contribution in [0.15, 0.2) is 35.5 Å². The minimum atomic E-state index is 0.689. The fourth-order valence-corrected chi connectivity index (χ4v) is 0.585. The first-order valence-electron chi connectivity index (χ1n) is 3.79. The average molecular weight is 166 g/mol. The summed E-state index contributed by atoms with van der Waals surface area (Å²) in [6.45, 7) is 11.1. The van der Waals surface area contributed by atoms with Crippen LogP contribution in [0.2, 0.25) is 0 Å². The zero-order valence-corrected chi connectivity index (χ0v) is 7.46. The first kappa shape index (κ1) is 10.4. The van der Waals surface area contributed by atoms with Crippen LogP contribution in [-0.4, -0.2) is 11.4 Å². The molecule has 1 heterocycles. The average Bonchev–Trinajstić information content (AvgIpc) is 2.20. The van der Waals surface area contributed by atoms with Gasteiger partial charge in [-0.3, -0.25) is 0 Å². The van der Waals surface area contributed by atoms with Crippen molar-refractivity contribution in [2.45, 2.75) is 13.8 Å². The molecule has 0 aromatic heterocycles. The fourth-order valence-electron chi connectivity index (χ4n) is 0.585. The Hall–Kier alpha value is -1.58. The smallest absolute Gasteiger partial charge is 0.112 e. The maximum absolute atomic E-state index is 3.84. The molecule has 0 aromatic rings. The van der Waals surface area contributed by atoms with Gasteiger partial charge in [-0.25, -0.2) is 11.1 Å². The Morgan fingerprint density at radius 1 is 1.00 bits per heavy atom. The lowest BCUT2D eigenvalue weighted by Gasteiger charge is -2.08. The first-order valence-corrected chi connectivity index (χ1v) is 3.79. The molecule has 0 aromatic carbocycles. The van der Waals surface area contributed by atoms with Gasteiger partial charge < -0.3 is 0 Å². The van der Waals surface area contributed by atoms with Crippen molar-refractivity contribution >= 4 is 11.4 Å². The van der Waals surface area contributed by atoms with Crippen LogP contribution in [0.5, 0.6) is 0 Å². The lowest BCUT2D eigenvalue weighted by atomic mass is 10.2. The van der Waals surface area contributed by atoms with Crippen molar-refractivity contribution < 1.29 is 0 Å². The Kier molecular flexibility index (Phi) is 5.34. The van der Waals surface area contributed by atoms with Crippen LogP contribution in [-0.2, 0) is 0 Å². The maximum Gasteiger partial charge on any atom is 0.112 e. The molecule has 4 heteroatoms. The van der Waals surface area contributed by atoms with Gasteiger partial charge in [0.1, 0.15) is 11.4 Å². The van der Waals surface area contributed by atoms with Gasteiger partial charge in [-0.15, -0.1) is 0 Å². The van der Waals surface area contributed by atoms with E-state index in [2.05, 4.69) is 34.4 Å². The predicted molar refractivity (Wildman–Crippen MR) is 52.9 cm³/mol. The molecule has 2 N–H and O–H groups in total. The summed E-state index contributed by atoms with van der Waals surface area (Å²) in [6, 6.07) is 0. The van der Waals surface area contributed by atoms with Crippen molar-refractivity contribution in [3.05, 3.63) is 25.3 Å². The standard InChI is InChI=1S/C6H8N4.C2H6/c1-3-5-6(4-2)8-10-9-7-5;1-2/h3-4,9-10H,1-2H2;1-2H3. The molecule has 0 fully saturated rings. The van der Waals surface area contributed by atoms with Crippen LogP contribution in [0.1, 0.15) is 13.8 Å². The highest BCUT2D eigenvalue weighted by Crippen LogP contribution is 1.89. The topological polar surface area (TPSA) is 48.8 Å². The zero-order chi connectivity index (χ0) is 9.40. The van der Waals surface area contributed by atoms with Gasteiger partial charge in [0.2, 0.25) is 0 Å². The number of hydrogen-bond donors (Lipinski definition) is 2. The first-order chi connectivity index (χ1) is 5.88. The summed E-state index contributed by atoms with van der Waals surface area (Å²) in [6.07, 6.45) is 3.21. The second-order valence-corrected chi connectivity index (χ2v) is 1.63. The molecule has 0 spiro atoms. The van der Waals surface area contributed by atoms with E-state index in [1.807, 2.05) is 13.8 Å². The molecule has 4 nitrogen and oxygen atoms in total. The molecule has 0 unspecified atom stereocenters. The van der Waals surface area contributed by atoms with Gasteiger partial charge in [0.15, 0.2) is 0 Å². The largest absolute Gasteiger partial charge is 0.204 e. The van der Waals surface area contributed by atoms with E-state index >= 15 is 0 Å². The monoisotopic (exact) mass is 166 g/mol. The van der Waals surface area contributed by atoms with Crippen LogP contribution in [0.25, 0.3) is 0 Å². The summed E-state index contributed by atoms with van der Waals surface area (Å²) in [4.78, 5) is 0. The van der Waals surface area contributed by atoms with Crippen molar-refractivity contribution in [2.75, 3.05) is 0 Å². The van der Waals surface area contributed by atoms with Gasteiger partial charge in [-0.1, -0.05) is 27.0 Å². The number of rotatable bonds is 2. The van der Waals surface area contributed by atoms with Crippen LogP contribution < -0.4 is 11.1 Å². The number of allylic oxidation sites excluding steroid dienone is 2. The molecule has 1 rings (SSSR count). The molecule has 0 aliphatic carbocycles. The maximum atomic E-state index is 3.84. The van der Waals surface area contributed by atoms with Crippen molar-refractivity contribution in [1.82, 2.24) is 11.1 Å². The van der Waals surface area contributed by atoms with E-state index in [1.165, 1.54) is 0 Å². The molecular weight excluding hydrogens is 152 g/mol. The molecule has 0 bridgehead atoms. The lowest BCUT2D eigenvalue weighted by Crippen LogP contribution is -2.31. The SMILES string of the molecule is C=CC1=NNNN=C1C=C.CC. The zero-order valence-electron chi connectivity index (χ0n) is 7.46. The fraction of sp³-hybridized carbons (Fsp3) is 0.250. The van der Waals surface area contributed by atoms with E-state index in [0.29, 0.717) is 11.4 Å². The van der Waals surface area contributed by atoms with Crippen LogP contribution in [0, 0.1) is 0 Å². The summed E-state index contributed by atoms with van der Waals surface area (Å²) < 4.78 is 0. The molecule has 1 aliphatic heterocycles. The number of hydrazine groups is 1. The molecule has 0 saturated carbocycles. The summed E-state index contributed by atoms with van der Waals surface area (Å²) in [5.41, 5.74) is 6.34. The molecule has 1 aliphatic rings. The Morgan fingerprint density at radius 2 is 1.33 bits per heavy atom. The van der Waals surface area contributed by atoms with E-state index < -0.39 is 0 Å². The third kappa shape index (κ3) is 2.57. The van der Waals surface area contributed by atoms with Gasteiger partial charge in [0, 0.05) is 0 Å². The minimum absolute atomic E-state index is 0.689. The normalized spacial score (nSPS) is 13.5. The Morgan fingerprint density at radius 3 is 1.58 bits per heavy atom. The van der Waals surface area contributed by atoms with Crippen molar-refractivity contribution in [2.24, 2.45) is 10.2 Å². The van der Waals surface area contributed by atoms with E-state index in [-0.39, 0.29) is 0 Å². The van der Waals surface area contributed by atoms with Gasteiger partial charge in [0.25, 0.3) is 0 Å². The summed E-state index contributed by atoms with van der Waals surface area (Å²) >= 11 is 0. The lowest BCUT2D eigenvalue weighted by molar-refractivity contribution is 0.580. The molecule has 66 valence electrons. The molecular formula is C8H14N4.